The lowest BCUT2D eigenvalue weighted by Gasteiger charge is -2.36. The minimum atomic E-state index is -0.135. The summed E-state index contributed by atoms with van der Waals surface area (Å²) in [5.41, 5.74) is 5.31. The van der Waals surface area contributed by atoms with Crippen molar-refractivity contribution in [2.24, 2.45) is 0 Å². The Morgan fingerprint density at radius 3 is 2.50 bits per heavy atom. The van der Waals surface area contributed by atoms with Gasteiger partial charge in [0.25, 0.3) is 0 Å². The van der Waals surface area contributed by atoms with Crippen LogP contribution in [0.1, 0.15) is 29.0 Å². The van der Waals surface area contributed by atoms with Crippen molar-refractivity contribution >= 4 is 22.5 Å². The summed E-state index contributed by atoms with van der Waals surface area (Å²) in [5, 5.41) is 0. The number of fused-ring (bicyclic) bond motifs is 1. The second kappa shape index (κ2) is 9.31. The van der Waals surface area contributed by atoms with Crippen LogP contribution in [0.15, 0.2) is 66.7 Å². The molecule has 6 heteroatoms. The first-order valence-electron chi connectivity index (χ1n) is 11.7. The molecule has 0 atom stereocenters. The van der Waals surface area contributed by atoms with Gasteiger partial charge in [0.15, 0.2) is 5.82 Å². The number of anilines is 1. The molecule has 0 radical (unpaired) electrons. The molecule has 1 aliphatic rings. The van der Waals surface area contributed by atoms with E-state index in [2.05, 4.69) is 46.0 Å². The van der Waals surface area contributed by atoms with Gasteiger partial charge in [0, 0.05) is 35.9 Å². The molecule has 174 valence electrons. The third-order valence-corrected chi connectivity index (χ3v) is 6.79. The van der Waals surface area contributed by atoms with Crippen LogP contribution in [0.5, 0.6) is 5.75 Å². The van der Waals surface area contributed by atoms with Crippen LogP contribution in [0, 0.1) is 0 Å². The minimum absolute atomic E-state index is 0.135. The van der Waals surface area contributed by atoms with E-state index >= 15 is 0 Å². The number of rotatable bonds is 6. The number of methoxy groups -OCH3 is 1. The third-order valence-electron chi connectivity index (χ3n) is 6.79. The van der Waals surface area contributed by atoms with Gasteiger partial charge < -0.3 is 19.5 Å². The molecule has 1 saturated heterocycles. The normalized spacial score (nSPS) is 14.6. The maximum absolute atomic E-state index is 13.3. The highest BCUT2D eigenvalue weighted by atomic mass is 16.5. The lowest BCUT2D eigenvalue weighted by Crippen LogP contribution is -2.41. The van der Waals surface area contributed by atoms with Crippen LogP contribution in [-0.2, 0) is 0 Å². The molecule has 4 aromatic rings. The van der Waals surface area contributed by atoms with Gasteiger partial charge in [-0.2, -0.15) is 0 Å². The Balaban J connectivity index is 1.41. The van der Waals surface area contributed by atoms with Crippen LogP contribution < -0.4 is 9.64 Å². The lowest BCUT2D eigenvalue weighted by molar-refractivity contribution is 0.103. The van der Waals surface area contributed by atoms with E-state index < -0.39 is 0 Å². The Morgan fingerprint density at radius 1 is 1.03 bits per heavy atom. The van der Waals surface area contributed by atoms with Gasteiger partial charge >= 0.3 is 0 Å². The monoisotopic (exact) mass is 454 g/mol. The number of nitrogens with one attached hydrogen (secondary N) is 1. The largest absolute Gasteiger partial charge is 0.496 e. The van der Waals surface area contributed by atoms with Gasteiger partial charge in [-0.1, -0.05) is 30.3 Å². The van der Waals surface area contributed by atoms with Crippen LogP contribution in [0.25, 0.3) is 22.2 Å². The van der Waals surface area contributed by atoms with Crippen LogP contribution >= 0.6 is 0 Å². The van der Waals surface area contributed by atoms with Crippen LogP contribution in [0.2, 0.25) is 0 Å². The Labute approximate surface area is 200 Å². The maximum Gasteiger partial charge on any atom is 0.228 e. The number of aromatic nitrogens is 2. The van der Waals surface area contributed by atoms with E-state index in [0.29, 0.717) is 17.4 Å². The van der Waals surface area contributed by atoms with E-state index in [-0.39, 0.29) is 5.78 Å². The van der Waals surface area contributed by atoms with Gasteiger partial charge in [0.05, 0.1) is 18.1 Å². The summed E-state index contributed by atoms with van der Waals surface area (Å²) in [5.74, 6) is 0.946. The Morgan fingerprint density at radius 2 is 1.79 bits per heavy atom. The fraction of sp³-hybridized carbons (Fsp3) is 0.286. The highest BCUT2D eigenvalue weighted by Crippen LogP contribution is 2.32. The van der Waals surface area contributed by atoms with E-state index in [1.807, 2.05) is 48.5 Å². The molecule has 3 aromatic carbocycles. The summed E-state index contributed by atoms with van der Waals surface area (Å²) in [4.78, 5) is 25.9. The minimum Gasteiger partial charge on any atom is -0.496 e. The van der Waals surface area contributed by atoms with E-state index in [1.165, 1.54) is 5.69 Å². The second-order valence-electron chi connectivity index (χ2n) is 9.08. The number of ether oxygens (including phenoxy) is 1. The Bertz CT molecular complexity index is 1300. The number of H-pyrrole nitrogens is 1. The summed E-state index contributed by atoms with van der Waals surface area (Å²) in [6, 6.07) is 22.3. The fourth-order valence-corrected chi connectivity index (χ4v) is 4.77. The molecule has 0 saturated carbocycles. The Hall–Kier alpha value is -3.64. The summed E-state index contributed by atoms with van der Waals surface area (Å²) < 4.78 is 5.54. The molecule has 0 bridgehead atoms. The summed E-state index contributed by atoms with van der Waals surface area (Å²) in [6.45, 7) is 2.06. The van der Waals surface area contributed by atoms with Gasteiger partial charge in [0.1, 0.15) is 5.75 Å². The molecule has 0 spiro atoms. The maximum atomic E-state index is 13.3. The zero-order valence-electron chi connectivity index (χ0n) is 19.9. The van der Waals surface area contributed by atoms with Crippen molar-refractivity contribution in [2.75, 3.05) is 39.2 Å². The molecule has 2 heterocycles. The zero-order valence-corrected chi connectivity index (χ0v) is 19.9. The lowest BCUT2D eigenvalue weighted by atomic mass is 10.00. The number of aromatic amines is 1. The predicted molar refractivity (Wildman–Crippen MR) is 137 cm³/mol. The number of carbonyl (C=O) groups excluding carboxylic acids is 1. The molecule has 6 nitrogen and oxygen atoms in total. The van der Waals surface area contributed by atoms with Crippen LogP contribution in [0.4, 0.5) is 5.69 Å². The van der Waals surface area contributed by atoms with Crippen molar-refractivity contribution in [3.8, 4) is 16.9 Å². The number of carbonyl (C=O) groups is 1. The van der Waals surface area contributed by atoms with Crippen molar-refractivity contribution in [1.29, 1.82) is 0 Å². The molecule has 5 rings (SSSR count). The molecule has 0 amide bonds. The molecule has 0 aliphatic carbocycles. The van der Waals surface area contributed by atoms with Crippen molar-refractivity contribution in [3.63, 3.8) is 0 Å². The average molecular weight is 455 g/mol. The van der Waals surface area contributed by atoms with Gasteiger partial charge in [-0.05, 0) is 68.9 Å². The third kappa shape index (κ3) is 4.29. The first-order chi connectivity index (χ1) is 16.5. The van der Waals surface area contributed by atoms with Crippen molar-refractivity contribution in [1.82, 2.24) is 14.9 Å². The average Bonchev–Trinajstić information content (AvgIpc) is 3.32. The topological polar surface area (TPSA) is 61.5 Å². The first kappa shape index (κ1) is 22.2. The number of hydrogen-bond donors (Lipinski definition) is 1. The molecular formula is C28H30N4O2. The molecule has 1 aromatic heterocycles. The van der Waals surface area contributed by atoms with Gasteiger partial charge in [0.2, 0.25) is 5.78 Å². The molecule has 1 aliphatic heterocycles. The van der Waals surface area contributed by atoms with Gasteiger partial charge in [-0.3, -0.25) is 4.79 Å². The van der Waals surface area contributed by atoms with Crippen molar-refractivity contribution in [3.05, 3.63) is 78.1 Å². The summed E-state index contributed by atoms with van der Waals surface area (Å²) in [7, 11) is 5.95. The quantitative estimate of drug-likeness (QED) is 0.416. The highest BCUT2D eigenvalue weighted by Gasteiger charge is 2.22. The number of nitrogens with zero attached hydrogens (tertiary/aromatic N) is 3. The van der Waals surface area contributed by atoms with E-state index in [1.54, 1.807) is 13.2 Å². The first-order valence-corrected chi connectivity index (χ1v) is 11.7. The second-order valence-corrected chi connectivity index (χ2v) is 9.08. The number of benzene rings is 3. The summed E-state index contributed by atoms with van der Waals surface area (Å²) in [6.07, 6.45) is 2.30. The molecule has 1 N–H and O–H groups in total. The molecule has 1 fully saturated rings. The standard InChI is InChI=1S/C28H30N4O2/c1-31(2)21-13-15-32(16-14-21)22-10-11-24-25(18-22)30-28(29-24)27(33)20-9-12-26(34-3)23(17-20)19-7-5-4-6-8-19/h4-12,17-18,21H,13-16H2,1-3H3,(H,29,30). The van der Waals surface area contributed by atoms with Crippen molar-refractivity contribution in [2.45, 2.75) is 18.9 Å². The van der Waals surface area contributed by atoms with E-state index in [0.717, 1.165) is 53.8 Å². The molecular weight excluding hydrogens is 424 g/mol. The van der Waals surface area contributed by atoms with E-state index in [9.17, 15) is 4.79 Å². The highest BCUT2D eigenvalue weighted by molar-refractivity contribution is 6.09. The van der Waals surface area contributed by atoms with E-state index in [4.69, 9.17) is 4.74 Å². The number of piperidine rings is 1. The smallest absolute Gasteiger partial charge is 0.228 e. The van der Waals surface area contributed by atoms with Gasteiger partial charge in [-0.15, -0.1) is 0 Å². The van der Waals surface area contributed by atoms with Crippen LogP contribution in [-0.4, -0.2) is 61.0 Å². The number of imidazole rings is 1. The molecule has 0 unspecified atom stereocenters. The fourth-order valence-electron chi connectivity index (χ4n) is 4.77. The zero-order chi connectivity index (χ0) is 23.7. The molecule has 34 heavy (non-hydrogen) atoms. The van der Waals surface area contributed by atoms with Crippen LogP contribution in [0.3, 0.4) is 0 Å². The van der Waals surface area contributed by atoms with Gasteiger partial charge in [-0.25, -0.2) is 4.98 Å². The Kier molecular flexibility index (Phi) is 6.07. The SMILES string of the molecule is COc1ccc(C(=O)c2nc3ccc(N4CCC(N(C)C)CC4)cc3[nH]2)cc1-c1ccccc1. The summed E-state index contributed by atoms with van der Waals surface area (Å²) >= 11 is 0. The van der Waals surface area contributed by atoms with Crippen molar-refractivity contribution < 1.29 is 9.53 Å². The number of hydrogen-bond acceptors (Lipinski definition) is 5. The number of ketones is 1. The predicted octanol–water partition coefficient (Wildman–Crippen LogP) is 5.00.